The Balaban J connectivity index is 2.02. The van der Waals surface area contributed by atoms with Crippen molar-refractivity contribution in [1.29, 1.82) is 0 Å². The monoisotopic (exact) mass is 339 g/mol. The lowest BCUT2D eigenvalue weighted by Gasteiger charge is -2.48. The zero-order chi connectivity index (χ0) is 15.7. The summed E-state index contributed by atoms with van der Waals surface area (Å²) in [5.41, 5.74) is 2.05. The molecule has 0 N–H and O–H groups in total. The topological polar surface area (TPSA) is 12.5 Å². The van der Waals surface area contributed by atoms with E-state index in [2.05, 4.69) is 24.9 Å². The number of likely N-dealkylation sites (N-methyl/N-ethyl adjacent to an activating group) is 1. The van der Waals surface area contributed by atoms with Crippen molar-refractivity contribution in [1.82, 2.24) is 4.90 Å². The van der Waals surface area contributed by atoms with Crippen LogP contribution in [0.5, 0.6) is 5.75 Å². The smallest absolute Gasteiger partial charge is 0.185 e. The van der Waals surface area contributed by atoms with Gasteiger partial charge in [0.15, 0.2) is 5.72 Å². The first kappa shape index (κ1) is 16.2. The van der Waals surface area contributed by atoms with E-state index in [1.807, 2.05) is 6.07 Å². The molecule has 1 heterocycles. The van der Waals surface area contributed by atoms with Crippen LogP contribution in [0.15, 0.2) is 17.7 Å². The molecule has 0 spiro atoms. The van der Waals surface area contributed by atoms with Crippen LogP contribution in [-0.2, 0) is 0 Å². The summed E-state index contributed by atoms with van der Waals surface area (Å²) in [5, 5.41) is 1.26. The molecule has 1 saturated carbocycles. The first-order chi connectivity index (χ1) is 10.6. The van der Waals surface area contributed by atoms with E-state index in [9.17, 15) is 0 Å². The second kappa shape index (κ2) is 6.43. The van der Waals surface area contributed by atoms with Crippen molar-refractivity contribution in [3.05, 3.63) is 33.3 Å². The third kappa shape index (κ3) is 2.77. The maximum atomic E-state index is 6.54. The molecule has 2 aliphatic rings. The minimum atomic E-state index is -0.322. The van der Waals surface area contributed by atoms with Crippen LogP contribution in [0.4, 0.5) is 0 Å². The lowest BCUT2D eigenvalue weighted by molar-refractivity contribution is -0.0598. The van der Waals surface area contributed by atoms with Gasteiger partial charge in [0.1, 0.15) is 5.75 Å². The van der Waals surface area contributed by atoms with Crippen molar-refractivity contribution < 1.29 is 4.74 Å². The number of benzene rings is 1. The van der Waals surface area contributed by atoms with Gasteiger partial charge in [0.05, 0.1) is 5.02 Å². The highest BCUT2D eigenvalue weighted by Crippen LogP contribution is 2.48. The molecule has 0 saturated heterocycles. The fourth-order valence-electron chi connectivity index (χ4n) is 3.58. The number of fused-ring (bicyclic) bond motifs is 2. The van der Waals surface area contributed by atoms with Crippen molar-refractivity contribution in [2.24, 2.45) is 0 Å². The number of unbranched alkanes of at least 4 members (excludes halogenated alkanes) is 1. The van der Waals surface area contributed by atoms with E-state index in [1.54, 1.807) is 6.07 Å². The van der Waals surface area contributed by atoms with Crippen LogP contribution in [0.25, 0.3) is 6.08 Å². The third-order valence-corrected chi connectivity index (χ3v) is 5.31. The number of hydrogen-bond donors (Lipinski definition) is 0. The summed E-state index contributed by atoms with van der Waals surface area (Å²) in [4.78, 5) is 2.37. The van der Waals surface area contributed by atoms with Gasteiger partial charge in [0.25, 0.3) is 0 Å². The number of rotatable bonds is 4. The lowest BCUT2D eigenvalue weighted by Crippen LogP contribution is -2.55. The molecule has 1 aliphatic carbocycles. The molecule has 1 aromatic carbocycles. The summed E-state index contributed by atoms with van der Waals surface area (Å²) in [5.74, 6) is 0.778. The van der Waals surface area contributed by atoms with Crippen molar-refractivity contribution >= 4 is 29.3 Å². The largest absolute Gasteiger partial charge is 0.467 e. The van der Waals surface area contributed by atoms with Crippen molar-refractivity contribution in [3.8, 4) is 5.75 Å². The predicted molar refractivity (Wildman–Crippen MR) is 93.8 cm³/mol. The summed E-state index contributed by atoms with van der Waals surface area (Å²) >= 11 is 12.5. The van der Waals surface area contributed by atoms with E-state index < -0.39 is 0 Å². The molecule has 0 radical (unpaired) electrons. The highest BCUT2D eigenvalue weighted by molar-refractivity contribution is 6.36. The van der Waals surface area contributed by atoms with Gasteiger partial charge in [-0.2, -0.15) is 0 Å². The minimum absolute atomic E-state index is 0.322. The number of halogens is 2. The van der Waals surface area contributed by atoms with Crippen LogP contribution >= 0.6 is 23.2 Å². The molecule has 120 valence electrons. The molecule has 2 nitrogen and oxygen atoms in total. The molecule has 4 heteroatoms. The normalized spacial score (nSPS) is 23.6. The Hall–Kier alpha value is -0.700. The highest BCUT2D eigenvalue weighted by atomic mass is 35.5. The van der Waals surface area contributed by atoms with Crippen LogP contribution in [0.1, 0.15) is 51.0 Å². The average molecular weight is 340 g/mol. The van der Waals surface area contributed by atoms with E-state index in [0.717, 1.165) is 30.7 Å². The van der Waals surface area contributed by atoms with Gasteiger partial charge < -0.3 is 4.74 Å². The summed E-state index contributed by atoms with van der Waals surface area (Å²) in [7, 11) is 2.17. The fraction of sp³-hybridized carbons (Fsp3) is 0.556. The van der Waals surface area contributed by atoms with Gasteiger partial charge in [-0.3, -0.25) is 4.90 Å². The maximum Gasteiger partial charge on any atom is 0.185 e. The SMILES string of the molecule is CCCCN(C)C12CCCCC1=Cc1cc(Cl)cc(Cl)c1O2. The molecular formula is C18H23Cl2NO. The standard InChI is InChI=1S/C18H23Cl2NO/c1-3-4-9-21(2)18-8-6-5-7-14(18)10-13-11-15(19)12-16(20)17(13)22-18/h10-12H,3-9H2,1-2H3. The number of nitrogens with zero attached hydrogens (tertiary/aromatic N) is 1. The number of hydrogen-bond acceptors (Lipinski definition) is 2. The van der Waals surface area contributed by atoms with Crippen LogP contribution in [0, 0.1) is 0 Å². The van der Waals surface area contributed by atoms with E-state index in [1.165, 1.54) is 31.3 Å². The Kier molecular flexibility index (Phi) is 4.72. The molecule has 1 aromatic rings. The molecule has 1 unspecified atom stereocenters. The summed E-state index contributed by atoms with van der Waals surface area (Å²) in [6.07, 6.45) is 9.13. The van der Waals surface area contributed by atoms with Gasteiger partial charge >= 0.3 is 0 Å². The Morgan fingerprint density at radius 3 is 2.86 bits per heavy atom. The molecule has 3 rings (SSSR count). The van der Waals surface area contributed by atoms with E-state index in [-0.39, 0.29) is 5.72 Å². The Morgan fingerprint density at radius 2 is 2.09 bits per heavy atom. The Morgan fingerprint density at radius 1 is 1.27 bits per heavy atom. The Bertz CT molecular complexity index is 599. The first-order valence-corrected chi connectivity index (χ1v) is 8.93. The zero-order valence-corrected chi connectivity index (χ0v) is 14.8. The van der Waals surface area contributed by atoms with Crippen molar-refractivity contribution in [2.75, 3.05) is 13.6 Å². The Labute approximate surface area is 143 Å². The van der Waals surface area contributed by atoms with Gasteiger partial charge in [-0.25, -0.2) is 0 Å². The zero-order valence-electron chi connectivity index (χ0n) is 13.3. The second-order valence-electron chi connectivity index (χ2n) is 6.34. The fourth-order valence-corrected chi connectivity index (χ4v) is 4.13. The molecule has 0 bridgehead atoms. The van der Waals surface area contributed by atoms with Crippen LogP contribution in [-0.4, -0.2) is 24.2 Å². The van der Waals surface area contributed by atoms with Crippen LogP contribution in [0.3, 0.4) is 0 Å². The second-order valence-corrected chi connectivity index (χ2v) is 7.19. The predicted octanol–water partition coefficient (Wildman–Crippen LogP) is 5.77. The quantitative estimate of drug-likeness (QED) is 0.690. The third-order valence-electron chi connectivity index (χ3n) is 4.81. The van der Waals surface area contributed by atoms with Gasteiger partial charge in [0.2, 0.25) is 0 Å². The first-order valence-electron chi connectivity index (χ1n) is 8.17. The molecule has 1 aliphatic heterocycles. The molecule has 22 heavy (non-hydrogen) atoms. The average Bonchev–Trinajstić information content (AvgIpc) is 2.50. The lowest BCUT2D eigenvalue weighted by atomic mass is 9.82. The summed E-state index contributed by atoms with van der Waals surface area (Å²) in [6, 6.07) is 3.71. The minimum Gasteiger partial charge on any atom is -0.467 e. The highest BCUT2D eigenvalue weighted by Gasteiger charge is 2.45. The molecule has 0 amide bonds. The van der Waals surface area contributed by atoms with Crippen LogP contribution < -0.4 is 4.74 Å². The van der Waals surface area contributed by atoms with Crippen molar-refractivity contribution in [2.45, 2.75) is 51.2 Å². The van der Waals surface area contributed by atoms with Gasteiger partial charge in [0, 0.05) is 23.6 Å². The molecule has 0 aromatic heterocycles. The molecule has 1 fully saturated rings. The van der Waals surface area contributed by atoms with Gasteiger partial charge in [-0.05, 0) is 56.5 Å². The summed E-state index contributed by atoms with van der Waals surface area (Å²) in [6.45, 7) is 3.26. The van der Waals surface area contributed by atoms with Gasteiger partial charge in [-0.1, -0.05) is 36.5 Å². The molecular weight excluding hydrogens is 317 g/mol. The van der Waals surface area contributed by atoms with E-state index >= 15 is 0 Å². The number of ether oxygens (including phenoxy) is 1. The van der Waals surface area contributed by atoms with Gasteiger partial charge in [-0.15, -0.1) is 0 Å². The summed E-state index contributed by atoms with van der Waals surface area (Å²) < 4.78 is 6.54. The van der Waals surface area contributed by atoms with Crippen molar-refractivity contribution in [3.63, 3.8) is 0 Å². The van der Waals surface area contributed by atoms with E-state index in [4.69, 9.17) is 27.9 Å². The maximum absolute atomic E-state index is 6.54. The molecule has 1 atom stereocenters. The van der Waals surface area contributed by atoms with Crippen LogP contribution in [0.2, 0.25) is 10.0 Å². The van der Waals surface area contributed by atoms with E-state index in [0.29, 0.717) is 10.0 Å².